The zero-order valence-electron chi connectivity index (χ0n) is 10.2. The number of rotatable bonds is 2. The van der Waals surface area contributed by atoms with Crippen molar-refractivity contribution in [3.8, 4) is 0 Å². The van der Waals surface area contributed by atoms with Crippen LogP contribution in [0.25, 0.3) is 0 Å². The van der Waals surface area contributed by atoms with Gasteiger partial charge in [-0.25, -0.2) is 0 Å². The van der Waals surface area contributed by atoms with Crippen molar-refractivity contribution >= 4 is 11.4 Å². The smallest absolute Gasteiger partial charge is 0.0750 e. The van der Waals surface area contributed by atoms with E-state index in [2.05, 4.69) is 31.9 Å². The quantitative estimate of drug-likeness (QED) is 0.776. The number of nitrogens with two attached hydrogens (primary N) is 1. The van der Waals surface area contributed by atoms with Crippen LogP contribution in [-0.2, 0) is 4.74 Å². The molecule has 1 aliphatic heterocycles. The lowest BCUT2D eigenvalue weighted by Gasteiger charge is -2.30. The van der Waals surface area contributed by atoms with Crippen LogP contribution in [0.2, 0.25) is 0 Å². The predicted molar refractivity (Wildman–Crippen MR) is 67.8 cm³/mol. The van der Waals surface area contributed by atoms with Gasteiger partial charge in [-0.05, 0) is 38.0 Å². The highest BCUT2D eigenvalue weighted by atomic mass is 16.5. The summed E-state index contributed by atoms with van der Waals surface area (Å²) in [6.07, 6.45) is 1.39. The van der Waals surface area contributed by atoms with Crippen molar-refractivity contribution in [3.63, 3.8) is 0 Å². The summed E-state index contributed by atoms with van der Waals surface area (Å²) in [4.78, 5) is 2.30. The van der Waals surface area contributed by atoms with Gasteiger partial charge in [-0.15, -0.1) is 0 Å². The molecule has 16 heavy (non-hydrogen) atoms. The highest BCUT2D eigenvalue weighted by Crippen LogP contribution is 2.28. The second kappa shape index (κ2) is 4.34. The molecule has 1 heterocycles. The molecule has 1 fully saturated rings. The van der Waals surface area contributed by atoms with Crippen LogP contribution in [0.3, 0.4) is 0 Å². The van der Waals surface area contributed by atoms with Gasteiger partial charge in [-0.1, -0.05) is 6.07 Å². The normalized spacial score (nSPS) is 24.7. The van der Waals surface area contributed by atoms with E-state index in [4.69, 9.17) is 10.5 Å². The number of benzene rings is 1. The molecule has 0 amide bonds. The number of nitrogen functional groups attached to an aromatic ring is 1. The number of aryl methyl sites for hydroxylation is 1. The topological polar surface area (TPSA) is 38.5 Å². The number of nitrogens with zero attached hydrogens (tertiary/aromatic N) is 1. The van der Waals surface area contributed by atoms with Gasteiger partial charge in [-0.3, -0.25) is 0 Å². The van der Waals surface area contributed by atoms with Crippen LogP contribution in [0.4, 0.5) is 11.4 Å². The maximum absolute atomic E-state index is 5.84. The van der Waals surface area contributed by atoms with E-state index in [-0.39, 0.29) is 0 Å². The summed E-state index contributed by atoms with van der Waals surface area (Å²) in [5, 5.41) is 0. The minimum absolute atomic E-state index is 0.297. The molecule has 3 heteroatoms. The van der Waals surface area contributed by atoms with Gasteiger partial charge in [-0.2, -0.15) is 0 Å². The lowest BCUT2D eigenvalue weighted by atomic mass is 10.1. The molecule has 0 aliphatic carbocycles. The minimum atomic E-state index is 0.297. The zero-order chi connectivity index (χ0) is 11.7. The van der Waals surface area contributed by atoms with Crippen LogP contribution in [-0.4, -0.2) is 25.8 Å². The highest BCUT2D eigenvalue weighted by molar-refractivity contribution is 5.61. The van der Waals surface area contributed by atoms with Gasteiger partial charge in [0.1, 0.15) is 0 Å². The first-order valence-electron chi connectivity index (χ1n) is 5.80. The molecule has 2 atom stereocenters. The molecule has 2 rings (SSSR count). The highest BCUT2D eigenvalue weighted by Gasteiger charge is 2.28. The summed E-state index contributed by atoms with van der Waals surface area (Å²) in [6.45, 7) is 5.11. The van der Waals surface area contributed by atoms with Gasteiger partial charge in [0.05, 0.1) is 12.1 Å². The van der Waals surface area contributed by atoms with Gasteiger partial charge < -0.3 is 15.4 Å². The van der Waals surface area contributed by atoms with Crippen molar-refractivity contribution in [2.45, 2.75) is 32.4 Å². The van der Waals surface area contributed by atoms with Crippen molar-refractivity contribution in [3.05, 3.63) is 23.8 Å². The second-order valence-corrected chi connectivity index (χ2v) is 4.59. The number of hydrogen-bond acceptors (Lipinski definition) is 3. The summed E-state index contributed by atoms with van der Waals surface area (Å²) >= 11 is 0. The van der Waals surface area contributed by atoms with E-state index >= 15 is 0 Å². The van der Waals surface area contributed by atoms with Crippen LogP contribution in [0, 0.1) is 6.92 Å². The summed E-state index contributed by atoms with van der Waals surface area (Å²) in [5.41, 5.74) is 9.13. The first-order valence-corrected chi connectivity index (χ1v) is 5.80. The maximum atomic E-state index is 5.84. The molecule has 2 N–H and O–H groups in total. The molecule has 1 aliphatic rings. The van der Waals surface area contributed by atoms with Crippen molar-refractivity contribution in [2.24, 2.45) is 0 Å². The molecule has 3 nitrogen and oxygen atoms in total. The van der Waals surface area contributed by atoms with E-state index in [0.717, 1.165) is 18.7 Å². The maximum Gasteiger partial charge on any atom is 0.0750 e. The number of anilines is 2. The zero-order valence-corrected chi connectivity index (χ0v) is 10.2. The fourth-order valence-corrected chi connectivity index (χ4v) is 2.41. The molecule has 0 spiro atoms. The van der Waals surface area contributed by atoms with Crippen LogP contribution >= 0.6 is 0 Å². The molecule has 1 saturated heterocycles. The monoisotopic (exact) mass is 220 g/mol. The Morgan fingerprint density at radius 3 is 2.81 bits per heavy atom. The summed E-state index contributed by atoms with van der Waals surface area (Å²) < 4.78 is 5.61. The Kier molecular flexibility index (Phi) is 3.06. The standard InChI is InChI=1S/C13H20N2O/c1-9-4-5-11(14)8-13(9)15(3)12-6-7-16-10(12)2/h4-5,8,10,12H,6-7,14H2,1-3H3. The Morgan fingerprint density at radius 2 is 2.19 bits per heavy atom. The first kappa shape index (κ1) is 11.3. The molecule has 0 radical (unpaired) electrons. The molecule has 0 aromatic heterocycles. The average molecular weight is 220 g/mol. The van der Waals surface area contributed by atoms with Crippen molar-refractivity contribution < 1.29 is 4.74 Å². The summed E-state index contributed by atoms with van der Waals surface area (Å²) in [6, 6.07) is 6.52. The van der Waals surface area contributed by atoms with Gasteiger partial charge in [0.25, 0.3) is 0 Å². The second-order valence-electron chi connectivity index (χ2n) is 4.59. The molecule has 1 aromatic carbocycles. The van der Waals surface area contributed by atoms with E-state index in [9.17, 15) is 0 Å². The molecule has 0 bridgehead atoms. The third kappa shape index (κ3) is 2.00. The fraction of sp³-hybridized carbons (Fsp3) is 0.538. The number of likely N-dealkylation sites (N-methyl/N-ethyl adjacent to an activating group) is 1. The van der Waals surface area contributed by atoms with Gasteiger partial charge in [0.15, 0.2) is 0 Å². The number of ether oxygens (including phenoxy) is 1. The SMILES string of the molecule is Cc1ccc(N)cc1N(C)C1CCOC1C. The Labute approximate surface area is 97.2 Å². The van der Waals surface area contributed by atoms with Crippen LogP contribution in [0.1, 0.15) is 18.9 Å². The Balaban J connectivity index is 2.25. The molecule has 2 unspecified atom stereocenters. The van der Waals surface area contributed by atoms with E-state index in [1.165, 1.54) is 11.3 Å². The molecule has 88 valence electrons. The summed E-state index contributed by atoms with van der Waals surface area (Å²) in [7, 11) is 2.12. The van der Waals surface area contributed by atoms with Gasteiger partial charge in [0.2, 0.25) is 0 Å². The van der Waals surface area contributed by atoms with Crippen molar-refractivity contribution in [1.29, 1.82) is 0 Å². The first-order chi connectivity index (χ1) is 7.59. The van der Waals surface area contributed by atoms with Crippen LogP contribution in [0.15, 0.2) is 18.2 Å². The third-order valence-electron chi connectivity index (χ3n) is 3.45. The van der Waals surface area contributed by atoms with E-state index in [0.29, 0.717) is 12.1 Å². The predicted octanol–water partition coefficient (Wildman–Crippen LogP) is 2.19. The lowest BCUT2D eigenvalue weighted by Crippen LogP contribution is -2.37. The third-order valence-corrected chi connectivity index (χ3v) is 3.45. The Morgan fingerprint density at radius 1 is 1.44 bits per heavy atom. The van der Waals surface area contributed by atoms with Crippen LogP contribution < -0.4 is 10.6 Å². The van der Waals surface area contributed by atoms with E-state index < -0.39 is 0 Å². The fourth-order valence-electron chi connectivity index (χ4n) is 2.41. The minimum Gasteiger partial charge on any atom is -0.399 e. The molecule has 0 saturated carbocycles. The number of hydrogen-bond donors (Lipinski definition) is 1. The van der Waals surface area contributed by atoms with Crippen LogP contribution in [0.5, 0.6) is 0 Å². The Bertz CT molecular complexity index is 378. The molecule has 1 aromatic rings. The molecular formula is C13H20N2O. The van der Waals surface area contributed by atoms with Gasteiger partial charge >= 0.3 is 0 Å². The van der Waals surface area contributed by atoms with Crippen molar-refractivity contribution in [1.82, 2.24) is 0 Å². The van der Waals surface area contributed by atoms with E-state index in [1.54, 1.807) is 0 Å². The van der Waals surface area contributed by atoms with Gasteiger partial charge in [0, 0.05) is 25.0 Å². The average Bonchev–Trinajstić information content (AvgIpc) is 2.67. The lowest BCUT2D eigenvalue weighted by molar-refractivity contribution is 0.118. The van der Waals surface area contributed by atoms with Crippen molar-refractivity contribution in [2.75, 3.05) is 24.3 Å². The summed E-state index contributed by atoms with van der Waals surface area (Å²) in [5.74, 6) is 0. The Hall–Kier alpha value is -1.22. The van der Waals surface area contributed by atoms with E-state index in [1.807, 2.05) is 12.1 Å². The largest absolute Gasteiger partial charge is 0.399 e. The molecular weight excluding hydrogens is 200 g/mol.